The number of urea groups is 1. The van der Waals surface area contributed by atoms with Crippen molar-refractivity contribution in [3.05, 3.63) is 52.8 Å². The third kappa shape index (κ3) is 3.50. The molecule has 146 valence electrons. The van der Waals surface area contributed by atoms with Crippen molar-refractivity contribution >= 4 is 45.3 Å². The Morgan fingerprint density at radius 2 is 1.82 bits per heavy atom. The molecule has 2 fully saturated rings. The molecule has 0 unspecified atom stereocenters. The molecule has 28 heavy (non-hydrogen) atoms. The highest BCUT2D eigenvalue weighted by Crippen LogP contribution is 2.50. The molecule has 2 aliphatic rings. The highest BCUT2D eigenvalue weighted by Gasteiger charge is 2.65. The second kappa shape index (κ2) is 6.77. The van der Waals surface area contributed by atoms with Crippen molar-refractivity contribution in [1.29, 1.82) is 0 Å². The van der Waals surface area contributed by atoms with E-state index in [1.54, 1.807) is 18.3 Å². The van der Waals surface area contributed by atoms with Crippen LogP contribution in [0.1, 0.15) is 18.4 Å². The van der Waals surface area contributed by atoms with E-state index in [9.17, 15) is 22.8 Å². The van der Waals surface area contributed by atoms with Crippen molar-refractivity contribution in [2.45, 2.75) is 35.3 Å². The normalized spacial score (nSPS) is 18.3. The number of anilines is 1. The van der Waals surface area contributed by atoms with Crippen LogP contribution < -0.4 is 4.90 Å². The van der Waals surface area contributed by atoms with Gasteiger partial charge >= 0.3 is 11.5 Å². The van der Waals surface area contributed by atoms with Gasteiger partial charge in [0.25, 0.3) is 5.91 Å². The zero-order valence-corrected chi connectivity index (χ0v) is 16.6. The fraction of sp³-hybridized carbons (Fsp3) is 0.278. The first kappa shape index (κ1) is 19.3. The minimum absolute atomic E-state index is 0.00466. The summed E-state index contributed by atoms with van der Waals surface area (Å²) in [5.41, 5.74) is -4.15. The number of carbonyl (C=O) groups is 2. The number of benzene rings is 1. The lowest BCUT2D eigenvalue weighted by Gasteiger charge is -2.21. The van der Waals surface area contributed by atoms with Crippen molar-refractivity contribution in [3.8, 4) is 0 Å². The summed E-state index contributed by atoms with van der Waals surface area (Å²) in [6, 6.07) is 8.34. The van der Waals surface area contributed by atoms with E-state index in [0.29, 0.717) is 17.4 Å². The van der Waals surface area contributed by atoms with E-state index >= 15 is 0 Å². The summed E-state index contributed by atoms with van der Waals surface area (Å²) in [6.07, 6.45) is 2.75. The molecule has 0 bridgehead atoms. The number of pyridine rings is 1. The zero-order chi connectivity index (χ0) is 20.1. The highest BCUT2D eigenvalue weighted by molar-refractivity contribution is 9.10. The van der Waals surface area contributed by atoms with Crippen molar-refractivity contribution in [3.63, 3.8) is 0 Å². The molecular weight excluding hydrogens is 459 g/mol. The van der Waals surface area contributed by atoms with Crippen molar-refractivity contribution in [1.82, 2.24) is 9.88 Å². The number of thioether (sulfide) groups is 1. The molecule has 4 rings (SSSR count). The second-order valence-corrected chi connectivity index (χ2v) is 8.52. The number of imide groups is 1. The maximum absolute atomic E-state index is 13.0. The number of rotatable bonds is 4. The molecule has 1 saturated carbocycles. The summed E-state index contributed by atoms with van der Waals surface area (Å²) in [5, 5.41) is 0. The second-order valence-electron chi connectivity index (χ2n) is 6.57. The molecule has 0 atom stereocenters. The van der Waals surface area contributed by atoms with Gasteiger partial charge in [0.15, 0.2) is 0 Å². The van der Waals surface area contributed by atoms with Gasteiger partial charge in [-0.3, -0.25) is 4.79 Å². The molecule has 1 aliphatic heterocycles. The van der Waals surface area contributed by atoms with Crippen molar-refractivity contribution in [2.75, 3.05) is 4.90 Å². The monoisotopic (exact) mass is 471 g/mol. The fourth-order valence-corrected chi connectivity index (χ4v) is 4.24. The van der Waals surface area contributed by atoms with Gasteiger partial charge in [-0.05, 0) is 82.5 Å². The predicted octanol–water partition coefficient (Wildman–Crippen LogP) is 4.96. The lowest BCUT2D eigenvalue weighted by atomic mass is 10.2. The smallest absolute Gasteiger partial charge is 0.305 e. The number of aromatic nitrogens is 1. The number of hydrogen-bond acceptors (Lipinski definition) is 4. The standard InChI is InChI=1S/C18H13BrF3N3O2S/c19-14-9-11(5-8-23-14)10-24-16(27)25(15(26)17(24)6-7-17)12-1-3-13(4-2-12)28-18(20,21)22/h1-5,8-9H,6-7,10H2. The molecule has 3 amide bonds. The Balaban J connectivity index is 1.59. The molecule has 1 aromatic heterocycles. The van der Waals surface area contributed by atoms with Crippen LogP contribution in [0, 0.1) is 0 Å². The van der Waals surface area contributed by atoms with E-state index in [4.69, 9.17) is 0 Å². The Morgan fingerprint density at radius 3 is 2.39 bits per heavy atom. The maximum Gasteiger partial charge on any atom is 0.446 e. The Hall–Kier alpha value is -2.07. The summed E-state index contributed by atoms with van der Waals surface area (Å²) in [6.45, 7) is 0.254. The van der Waals surface area contributed by atoms with Crippen LogP contribution in [0.15, 0.2) is 52.1 Å². The minimum atomic E-state index is -4.39. The van der Waals surface area contributed by atoms with Crippen molar-refractivity contribution < 1.29 is 22.8 Å². The lowest BCUT2D eigenvalue weighted by Crippen LogP contribution is -2.36. The lowest BCUT2D eigenvalue weighted by molar-refractivity contribution is -0.120. The van der Waals surface area contributed by atoms with Crippen LogP contribution in [-0.2, 0) is 11.3 Å². The van der Waals surface area contributed by atoms with Crippen LogP contribution in [0.25, 0.3) is 0 Å². The fourth-order valence-electron chi connectivity index (χ4n) is 3.28. The predicted molar refractivity (Wildman–Crippen MR) is 101 cm³/mol. The Bertz CT molecular complexity index is 948. The zero-order valence-electron chi connectivity index (χ0n) is 14.2. The molecule has 1 spiro atoms. The molecule has 2 aromatic rings. The summed E-state index contributed by atoms with van der Waals surface area (Å²) < 4.78 is 38.1. The van der Waals surface area contributed by atoms with E-state index in [1.807, 2.05) is 0 Å². The van der Waals surface area contributed by atoms with E-state index < -0.39 is 17.1 Å². The van der Waals surface area contributed by atoms with Crippen LogP contribution in [0.3, 0.4) is 0 Å². The molecule has 1 aliphatic carbocycles. The van der Waals surface area contributed by atoms with Crippen molar-refractivity contribution in [2.24, 2.45) is 0 Å². The van der Waals surface area contributed by atoms with Gasteiger partial charge in [-0.1, -0.05) is 0 Å². The van der Waals surface area contributed by atoms with Gasteiger partial charge < -0.3 is 4.90 Å². The molecular formula is C18H13BrF3N3O2S. The van der Waals surface area contributed by atoms with Crippen LogP contribution in [0.4, 0.5) is 23.7 Å². The summed E-state index contributed by atoms with van der Waals surface area (Å²) in [7, 11) is 0. The molecule has 10 heteroatoms. The Labute approximate surface area is 171 Å². The van der Waals surface area contributed by atoms with E-state index in [0.717, 1.165) is 10.5 Å². The van der Waals surface area contributed by atoms with E-state index in [1.165, 1.54) is 29.2 Å². The van der Waals surface area contributed by atoms with Crippen LogP contribution in [0.2, 0.25) is 0 Å². The number of hydrogen-bond donors (Lipinski definition) is 0. The van der Waals surface area contributed by atoms with Gasteiger partial charge in [0.1, 0.15) is 10.1 Å². The average Bonchev–Trinajstić information content (AvgIpc) is 3.38. The quantitative estimate of drug-likeness (QED) is 0.359. The molecule has 2 heterocycles. The Morgan fingerprint density at radius 1 is 1.14 bits per heavy atom. The van der Waals surface area contributed by atoms with Crippen LogP contribution >= 0.6 is 27.7 Å². The minimum Gasteiger partial charge on any atom is -0.305 e. The summed E-state index contributed by atoms with van der Waals surface area (Å²) >= 11 is 3.04. The topological polar surface area (TPSA) is 53.5 Å². The van der Waals surface area contributed by atoms with E-state index in [2.05, 4.69) is 20.9 Å². The summed E-state index contributed by atoms with van der Waals surface area (Å²) in [4.78, 5) is 32.6. The number of nitrogens with zero attached hydrogens (tertiary/aromatic N) is 3. The molecule has 5 nitrogen and oxygen atoms in total. The SMILES string of the molecule is O=C1N(c2ccc(SC(F)(F)F)cc2)C(=O)C2(CC2)N1Cc1ccnc(Br)c1. The van der Waals surface area contributed by atoms with E-state index in [-0.39, 0.29) is 34.8 Å². The summed E-state index contributed by atoms with van der Waals surface area (Å²) in [5.74, 6) is -0.332. The number of carbonyl (C=O) groups excluding carboxylic acids is 2. The van der Waals surface area contributed by atoms with Gasteiger partial charge in [-0.2, -0.15) is 13.2 Å². The molecule has 0 N–H and O–H groups in total. The first-order valence-electron chi connectivity index (χ1n) is 8.32. The number of amides is 3. The van der Waals surface area contributed by atoms with Gasteiger partial charge in [0, 0.05) is 17.6 Å². The number of halogens is 4. The molecule has 1 saturated heterocycles. The third-order valence-electron chi connectivity index (χ3n) is 4.72. The van der Waals surface area contributed by atoms with Gasteiger partial charge in [-0.15, -0.1) is 0 Å². The van der Waals surface area contributed by atoms with Gasteiger partial charge in [0.2, 0.25) is 0 Å². The maximum atomic E-state index is 13.0. The van der Waals surface area contributed by atoms with Crippen LogP contribution in [-0.4, -0.2) is 32.9 Å². The molecule has 1 aromatic carbocycles. The highest BCUT2D eigenvalue weighted by atomic mass is 79.9. The average molecular weight is 472 g/mol. The van der Waals surface area contributed by atoms with Gasteiger partial charge in [0.05, 0.1) is 5.69 Å². The largest absolute Gasteiger partial charge is 0.446 e. The first-order chi connectivity index (χ1) is 13.2. The van der Waals surface area contributed by atoms with Gasteiger partial charge in [-0.25, -0.2) is 14.7 Å². The number of alkyl halides is 3. The Kier molecular flexibility index (Phi) is 4.65. The first-order valence-corrected chi connectivity index (χ1v) is 9.93. The molecule has 0 radical (unpaired) electrons. The van der Waals surface area contributed by atoms with Crippen LogP contribution in [0.5, 0.6) is 0 Å². The third-order valence-corrected chi connectivity index (χ3v) is 5.90.